The van der Waals surface area contributed by atoms with Gasteiger partial charge >= 0.3 is 56.6 Å². The maximum Gasteiger partial charge on any atom is 1.00 e. The molecule has 46 heavy (non-hydrogen) atoms. The van der Waals surface area contributed by atoms with E-state index in [1.807, 2.05) is 6.67 Å². The van der Waals surface area contributed by atoms with Gasteiger partial charge in [0.1, 0.15) is 18.9 Å². The van der Waals surface area contributed by atoms with E-state index in [1.165, 1.54) is 51.4 Å². The number of carboxylic acids is 2. The molecule has 0 amide bonds. The third kappa shape index (κ3) is 14.3. The molecular formula is C28H52Li3N11O4. The second-order valence-corrected chi connectivity index (χ2v) is 12.8. The van der Waals surface area contributed by atoms with Crippen LogP contribution in [0.4, 0.5) is 0 Å². The van der Waals surface area contributed by atoms with Crippen LogP contribution in [0.5, 0.6) is 0 Å². The van der Waals surface area contributed by atoms with E-state index in [4.69, 9.17) is 0 Å². The molecule has 18 heteroatoms. The quantitative estimate of drug-likeness (QED) is 0.0676. The topological polar surface area (TPSA) is 213 Å². The van der Waals surface area contributed by atoms with Crippen molar-refractivity contribution in [1.82, 2.24) is 58.5 Å². The van der Waals surface area contributed by atoms with Crippen molar-refractivity contribution in [3.63, 3.8) is 0 Å². The van der Waals surface area contributed by atoms with Crippen LogP contribution in [0.3, 0.4) is 0 Å². The first-order chi connectivity index (χ1) is 20.9. The van der Waals surface area contributed by atoms with Gasteiger partial charge in [0, 0.05) is 36.6 Å². The number of aliphatic carboxylic acids is 2. The summed E-state index contributed by atoms with van der Waals surface area (Å²) in [5, 5.41) is 60.6. The number of carboxylic acid groups (broad SMARTS) is 2. The van der Waals surface area contributed by atoms with Gasteiger partial charge in [0.25, 0.3) is 0 Å². The summed E-state index contributed by atoms with van der Waals surface area (Å²) in [4.78, 5) is 22.7. The number of hydrogen-bond acceptors (Lipinski definition) is 15. The summed E-state index contributed by atoms with van der Waals surface area (Å²) in [7, 11) is 0. The molecular weight excluding hydrogens is 575 g/mol. The van der Waals surface area contributed by atoms with Gasteiger partial charge in [-0.2, -0.15) is 0 Å². The fourth-order valence-electron chi connectivity index (χ4n) is 7.09. The zero-order valence-corrected chi connectivity index (χ0v) is 28.1. The van der Waals surface area contributed by atoms with Crippen molar-refractivity contribution in [2.75, 3.05) is 0 Å². The van der Waals surface area contributed by atoms with Crippen LogP contribution < -0.4 is 125 Å². The van der Waals surface area contributed by atoms with Crippen LogP contribution in [-0.2, 0) is 9.59 Å². The summed E-state index contributed by atoms with van der Waals surface area (Å²) >= 11 is 0. The van der Waals surface area contributed by atoms with Crippen LogP contribution in [0.1, 0.15) is 96.3 Å². The van der Waals surface area contributed by atoms with Crippen LogP contribution in [0.15, 0.2) is 0 Å². The number of carbonyl (C=O) groups excluding carboxylic acids is 2. The Kier molecular flexibility index (Phi) is 20.5. The number of hydrogen-bond donors (Lipinski definition) is 11. The van der Waals surface area contributed by atoms with Crippen molar-refractivity contribution in [3.8, 4) is 0 Å². The average Bonchev–Trinajstić information content (AvgIpc) is 2.99. The SMILES string of the molecule is O=C([O-])CC(NC1NC(NC2CCCCC2)NC(NC2CCC(NC3N[CH-]NC(NC4CCCCC4)N3)CC2)N1)C(=O)[O-].[Li+].[Li+].[Li+]. The molecule has 6 atom stereocenters. The summed E-state index contributed by atoms with van der Waals surface area (Å²) in [5.74, 6) is -2.93. The Bertz CT molecular complexity index is 884. The van der Waals surface area contributed by atoms with Crippen molar-refractivity contribution in [1.29, 1.82) is 0 Å². The van der Waals surface area contributed by atoms with Gasteiger partial charge in [0.05, 0.1) is 24.6 Å². The van der Waals surface area contributed by atoms with Crippen LogP contribution in [0.2, 0.25) is 0 Å². The Morgan fingerprint density at radius 1 is 0.565 bits per heavy atom. The van der Waals surface area contributed by atoms with Crippen molar-refractivity contribution in [3.05, 3.63) is 6.67 Å². The molecule has 0 spiro atoms. The first kappa shape index (κ1) is 42.5. The zero-order chi connectivity index (χ0) is 30.0. The summed E-state index contributed by atoms with van der Waals surface area (Å²) in [5.41, 5.74) is 0. The van der Waals surface area contributed by atoms with Crippen LogP contribution in [0.25, 0.3) is 0 Å². The van der Waals surface area contributed by atoms with E-state index in [9.17, 15) is 19.8 Å². The van der Waals surface area contributed by atoms with Gasteiger partial charge in [-0.1, -0.05) is 38.5 Å². The first-order valence-electron chi connectivity index (χ1n) is 16.5. The third-order valence-corrected chi connectivity index (χ3v) is 9.40. The number of carbonyl (C=O) groups is 2. The Morgan fingerprint density at radius 2 is 0.935 bits per heavy atom. The van der Waals surface area contributed by atoms with Gasteiger partial charge in [0.2, 0.25) is 0 Å². The van der Waals surface area contributed by atoms with E-state index in [0.29, 0.717) is 18.1 Å². The molecule has 2 heterocycles. The van der Waals surface area contributed by atoms with Crippen molar-refractivity contribution < 1.29 is 76.4 Å². The molecule has 0 aromatic rings. The fraction of sp³-hybridized carbons (Fsp3) is 0.893. The second-order valence-electron chi connectivity index (χ2n) is 12.8. The van der Waals surface area contributed by atoms with E-state index >= 15 is 0 Å². The molecule has 246 valence electrons. The number of nitrogens with one attached hydrogen (secondary N) is 11. The monoisotopic (exact) mass is 627 g/mol. The smallest absolute Gasteiger partial charge is 0.550 e. The van der Waals surface area contributed by atoms with Crippen LogP contribution in [-0.4, -0.2) is 73.6 Å². The normalized spacial score (nSPS) is 33.4. The van der Waals surface area contributed by atoms with E-state index in [0.717, 1.165) is 38.5 Å². The molecule has 3 saturated carbocycles. The van der Waals surface area contributed by atoms with E-state index < -0.39 is 30.7 Å². The number of rotatable bonds is 13. The van der Waals surface area contributed by atoms with Gasteiger partial charge in [-0.05, 0) is 51.4 Å². The minimum absolute atomic E-state index is 0. The van der Waals surface area contributed by atoms with Gasteiger partial charge in [0.15, 0.2) is 0 Å². The van der Waals surface area contributed by atoms with E-state index in [2.05, 4.69) is 58.5 Å². The fourth-order valence-corrected chi connectivity index (χ4v) is 7.09. The Balaban J connectivity index is 0.00000245. The molecule has 5 aliphatic rings. The van der Waals surface area contributed by atoms with Gasteiger partial charge < -0.3 is 30.4 Å². The average molecular weight is 628 g/mol. The minimum atomic E-state index is -1.48. The van der Waals surface area contributed by atoms with Crippen molar-refractivity contribution in [2.24, 2.45) is 0 Å². The maximum atomic E-state index is 11.6. The molecule has 3 aliphatic carbocycles. The Morgan fingerprint density at radius 3 is 1.35 bits per heavy atom. The summed E-state index contributed by atoms with van der Waals surface area (Å²) in [6.45, 7) is 1.91. The second kappa shape index (κ2) is 22.2. The molecule has 2 saturated heterocycles. The summed E-state index contributed by atoms with van der Waals surface area (Å²) in [6, 6.07) is 0.155. The van der Waals surface area contributed by atoms with Crippen molar-refractivity contribution >= 4 is 11.9 Å². The van der Waals surface area contributed by atoms with E-state index in [1.54, 1.807) is 0 Å². The predicted molar refractivity (Wildman–Crippen MR) is 156 cm³/mol. The Labute approximate surface area is 309 Å². The molecule has 0 bridgehead atoms. The van der Waals surface area contributed by atoms with Gasteiger partial charge in [-0.25, -0.2) is 6.67 Å². The van der Waals surface area contributed by atoms with Gasteiger partial charge in [-0.3, -0.25) is 47.9 Å². The van der Waals surface area contributed by atoms with E-state index in [-0.39, 0.29) is 87.8 Å². The maximum absolute atomic E-state index is 11.6. The zero-order valence-electron chi connectivity index (χ0n) is 28.1. The third-order valence-electron chi connectivity index (χ3n) is 9.40. The predicted octanol–water partition coefficient (Wildman–Crippen LogP) is -12.7. The molecule has 5 fully saturated rings. The van der Waals surface area contributed by atoms with Crippen molar-refractivity contribution in [2.45, 2.75) is 158 Å². The largest absolute Gasteiger partial charge is 1.00 e. The molecule has 0 aromatic carbocycles. The standard InChI is InChI=1S/C28H54N11O4.3Li/c40-22(41)15-21(23(42)43)35-28-38-26(33-18-9-5-2-6-10-18)37-27(39-28)34-20-13-11-19(12-14-20)32-25-30-16-29-24(36-25)31-17-7-3-1-4-8-17;;;/h16-21,24-39H,1-15H2,(H,40,41)(H,42,43);;;/q-1;3*+1/p-2. The first-order valence-corrected chi connectivity index (χ1v) is 16.5. The minimum Gasteiger partial charge on any atom is -0.550 e. The summed E-state index contributed by atoms with van der Waals surface area (Å²) < 4.78 is 0. The molecule has 6 unspecified atom stereocenters. The van der Waals surface area contributed by atoms with Crippen LogP contribution in [0, 0.1) is 6.67 Å². The molecule has 0 radical (unpaired) electrons. The molecule has 11 N–H and O–H groups in total. The summed E-state index contributed by atoms with van der Waals surface area (Å²) in [6.07, 6.45) is 14.2. The molecule has 2 aliphatic heterocycles. The molecule has 5 rings (SSSR count). The molecule has 15 nitrogen and oxygen atoms in total. The van der Waals surface area contributed by atoms with Gasteiger partial charge in [-0.15, -0.1) is 0 Å². The van der Waals surface area contributed by atoms with Crippen LogP contribution >= 0.6 is 0 Å². The molecule has 0 aromatic heterocycles. The Hall–Kier alpha value is 0.292.